The average molecular weight is 627 g/mol. The lowest BCUT2D eigenvalue weighted by molar-refractivity contribution is 0.669. The number of fused-ring (bicyclic) bond motifs is 9. The molecule has 0 spiro atoms. The minimum Gasteiger partial charge on any atom is -0.456 e. The van der Waals surface area contributed by atoms with Gasteiger partial charge in [-0.25, -0.2) is 0 Å². The van der Waals surface area contributed by atoms with Crippen molar-refractivity contribution in [1.82, 2.24) is 0 Å². The molecule has 0 bridgehead atoms. The van der Waals surface area contributed by atoms with E-state index < -0.39 is 0 Å². The first-order chi connectivity index (χ1) is 22.8. The van der Waals surface area contributed by atoms with Crippen LogP contribution in [0.2, 0.25) is 0 Å². The summed E-state index contributed by atoms with van der Waals surface area (Å²) < 4.78 is 10.2. The highest BCUT2D eigenvalue weighted by atomic mass is 32.1. The van der Waals surface area contributed by atoms with Gasteiger partial charge in [0.2, 0.25) is 0 Å². The molecule has 1 aliphatic heterocycles. The molecular formula is C41H26N2OS2. The van der Waals surface area contributed by atoms with E-state index in [0.717, 1.165) is 45.5 Å². The summed E-state index contributed by atoms with van der Waals surface area (Å²) in [5.41, 5.74) is 8.92. The van der Waals surface area contributed by atoms with Crippen molar-refractivity contribution < 1.29 is 4.42 Å². The first-order valence-corrected chi connectivity index (χ1v) is 17.1. The molecular weight excluding hydrogens is 601 g/mol. The molecule has 0 amide bonds. The van der Waals surface area contributed by atoms with Gasteiger partial charge in [-0.2, -0.15) is 0 Å². The van der Waals surface area contributed by atoms with Gasteiger partial charge in [0, 0.05) is 48.7 Å². The van der Waals surface area contributed by atoms with Crippen LogP contribution in [-0.2, 0) is 0 Å². The van der Waals surface area contributed by atoms with Gasteiger partial charge in [-0.05, 0) is 59.7 Å². The Kier molecular flexibility index (Phi) is 5.68. The van der Waals surface area contributed by atoms with E-state index in [2.05, 4.69) is 144 Å². The van der Waals surface area contributed by atoms with Crippen molar-refractivity contribution in [3.8, 4) is 11.1 Å². The molecule has 10 rings (SSSR count). The van der Waals surface area contributed by atoms with Crippen LogP contribution in [0.3, 0.4) is 0 Å². The predicted octanol–water partition coefficient (Wildman–Crippen LogP) is 12.7. The number of furan rings is 1. The molecule has 3 aromatic heterocycles. The van der Waals surface area contributed by atoms with Gasteiger partial charge in [-0.3, -0.25) is 0 Å². The Morgan fingerprint density at radius 2 is 1.33 bits per heavy atom. The number of rotatable bonds is 4. The molecule has 1 N–H and O–H groups in total. The minimum atomic E-state index is 0.880. The number of nitrogens with zero attached hydrogens (tertiary/aromatic N) is 1. The molecule has 46 heavy (non-hydrogen) atoms. The van der Waals surface area contributed by atoms with Gasteiger partial charge in [0.1, 0.15) is 11.2 Å². The summed E-state index contributed by atoms with van der Waals surface area (Å²) in [6.07, 6.45) is 4.48. The summed E-state index contributed by atoms with van der Waals surface area (Å²) in [6, 6.07) is 45.9. The van der Waals surface area contributed by atoms with Crippen LogP contribution in [0.25, 0.3) is 69.4 Å². The van der Waals surface area contributed by atoms with Crippen LogP contribution in [0, 0.1) is 0 Å². The van der Waals surface area contributed by atoms with Crippen molar-refractivity contribution in [3.05, 3.63) is 139 Å². The van der Waals surface area contributed by atoms with E-state index in [1.807, 2.05) is 28.7 Å². The van der Waals surface area contributed by atoms with Crippen LogP contribution >= 0.6 is 22.7 Å². The van der Waals surface area contributed by atoms with E-state index in [1.165, 1.54) is 51.9 Å². The zero-order valence-corrected chi connectivity index (χ0v) is 26.3. The standard InChI is InChI=1S/C41H26N2OS2/c1-3-16-34-30(10-1)39-32(14-7-17-35(39)44-34)43(33-15-5-12-29-28-9-2-4-18-36(28)45-40(29)33)26-22-20-25(21-23-26)27-11-6-19-37-38(27)31-13-8-24-42-41(31)46-37/h1-23,42H,24H2. The maximum absolute atomic E-state index is 6.37. The first-order valence-electron chi connectivity index (χ1n) is 15.5. The lowest BCUT2D eigenvalue weighted by atomic mass is 9.97. The molecule has 1 aliphatic rings. The SMILES string of the molecule is C1=Cc2c(sc3cccc(-c4ccc(N(c5cccc6c5sc5ccccc56)c5cccc6oc7ccccc7c56)cc4)c23)NC1. The van der Waals surface area contributed by atoms with Crippen LogP contribution in [0.4, 0.5) is 22.1 Å². The second-order valence-corrected chi connectivity index (χ2v) is 13.8. The number of anilines is 4. The molecule has 0 saturated carbocycles. The van der Waals surface area contributed by atoms with Crippen LogP contribution in [0.5, 0.6) is 0 Å². The molecule has 218 valence electrons. The smallest absolute Gasteiger partial charge is 0.137 e. The summed E-state index contributed by atoms with van der Waals surface area (Å²) in [7, 11) is 0. The van der Waals surface area contributed by atoms with Crippen molar-refractivity contribution in [2.75, 3.05) is 16.8 Å². The number of para-hydroxylation sites is 1. The highest BCUT2D eigenvalue weighted by Gasteiger charge is 2.23. The average Bonchev–Trinajstić information content (AvgIpc) is 3.80. The van der Waals surface area contributed by atoms with Crippen LogP contribution in [0.15, 0.2) is 138 Å². The molecule has 0 saturated heterocycles. The van der Waals surface area contributed by atoms with Gasteiger partial charge in [-0.15, -0.1) is 22.7 Å². The molecule has 0 unspecified atom stereocenters. The van der Waals surface area contributed by atoms with E-state index in [9.17, 15) is 0 Å². The van der Waals surface area contributed by atoms with Crippen LogP contribution in [0.1, 0.15) is 5.56 Å². The van der Waals surface area contributed by atoms with Crippen molar-refractivity contribution in [1.29, 1.82) is 0 Å². The molecule has 9 aromatic rings. The van der Waals surface area contributed by atoms with Gasteiger partial charge in [-0.1, -0.05) is 91.0 Å². The Morgan fingerprint density at radius 3 is 2.26 bits per heavy atom. The Hall–Kier alpha value is -5.36. The number of hydrogen-bond donors (Lipinski definition) is 1. The zero-order valence-electron chi connectivity index (χ0n) is 24.7. The van der Waals surface area contributed by atoms with Gasteiger partial charge >= 0.3 is 0 Å². The summed E-state index contributed by atoms with van der Waals surface area (Å²) >= 11 is 3.69. The summed E-state index contributed by atoms with van der Waals surface area (Å²) in [6.45, 7) is 0.880. The molecule has 0 fully saturated rings. The van der Waals surface area contributed by atoms with E-state index in [0.29, 0.717) is 0 Å². The second-order valence-electron chi connectivity index (χ2n) is 11.7. The number of thiophene rings is 2. The molecule has 0 aliphatic carbocycles. The molecule has 3 nitrogen and oxygen atoms in total. The van der Waals surface area contributed by atoms with Crippen LogP contribution in [-0.4, -0.2) is 6.54 Å². The van der Waals surface area contributed by atoms with E-state index >= 15 is 0 Å². The molecule has 6 aromatic carbocycles. The highest BCUT2D eigenvalue weighted by molar-refractivity contribution is 7.26. The predicted molar refractivity (Wildman–Crippen MR) is 200 cm³/mol. The maximum atomic E-state index is 6.37. The number of hydrogen-bond acceptors (Lipinski definition) is 5. The zero-order chi connectivity index (χ0) is 30.2. The largest absolute Gasteiger partial charge is 0.456 e. The summed E-state index contributed by atoms with van der Waals surface area (Å²) in [4.78, 5) is 2.42. The first kappa shape index (κ1) is 25.9. The van der Waals surface area contributed by atoms with Gasteiger partial charge in [0.25, 0.3) is 0 Å². The lowest BCUT2D eigenvalue weighted by Gasteiger charge is -2.27. The third-order valence-corrected chi connectivity index (χ3v) is 11.4. The fourth-order valence-electron chi connectivity index (χ4n) is 7.08. The Labute approximate surface area is 273 Å². The normalized spacial score (nSPS) is 12.8. The quantitative estimate of drug-likeness (QED) is 0.211. The second kappa shape index (κ2) is 10.1. The Bertz CT molecular complexity index is 2660. The van der Waals surface area contributed by atoms with Crippen molar-refractivity contribution in [3.63, 3.8) is 0 Å². The van der Waals surface area contributed by atoms with E-state index in [-0.39, 0.29) is 0 Å². The monoisotopic (exact) mass is 626 g/mol. The van der Waals surface area contributed by atoms with Crippen molar-refractivity contribution >= 4 is 103 Å². The van der Waals surface area contributed by atoms with Crippen LogP contribution < -0.4 is 10.2 Å². The molecule has 5 heteroatoms. The highest BCUT2D eigenvalue weighted by Crippen LogP contribution is 2.49. The Balaban J connectivity index is 1.21. The van der Waals surface area contributed by atoms with Gasteiger partial charge in [0.15, 0.2) is 0 Å². The number of benzene rings is 6. The lowest BCUT2D eigenvalue weighted by Crippen LogP contribution is -2.10. The summed E-state index contributed by atoms with van der Waals surface area (Å²) in [5.74, 6) is 0. The third kappa shape index (κ3) is 3.82. The third-order valence-electron chi connectivity index (χ3n) is 9.10. The molecule has 0 radical (unpaired) electrons. The number of nitrogens with one attached hydrogen (secondary N) is 1. The van der Waals surface area contributed by atoms with E-state index in [1.54, 1.807) is 0 Å². The van der Waals surface area contributed by atoms with Gasteiger partial charge < -0.3 is 14.6 Å². The minimum absolute atomic E-state index is 0.880. The van der Waals surface area contributed by atoms with Gasteiger partial charge in [0.05, 0.1) is 26.5 Å². The molecule has 4 heterocycles. The fourth-order valence-corrected chi connectivity index (χ4v) is 9.41. The Morgan fingerprint density at radius 1 is 0.587 bits per heavy atom. The van der Waals surface area contributed by atoms with E-state index in [4.69, 9.17) is 4.42 Å². The fraction of sp³-hybridized carbons (Fsp3) is 0.0244. The summed E-state index contributed by atoms with van der Waals surface area (Å²) in [5, 5.41) is 10.9. The molecule has 0 atom stereocenters. The maximum Gasteiger partial charge on any atom is 0.137 e. The van der Waals surface area contributed by atoms with Crippen molar-refractivity contribution in [2.45, 2.75) is 0 Å². The topological polar surface area (TPSA) is 28.4 Å². The van der Waals surface area contributed by atoms with Crippen molar-refractivity contribution in [2.24, 2.45) is 0 Å².